The molecule has 4 rings (SSSR count). The molecule has 0 aliphatic heterocycles. The van der Waals surface area contributed by atoms with Gasteiger partial charge in [-0.3, -0.25) is 14.9 Å². The number of nitrogens with zero attached hydrogens (tertiary/aromatic N) is 1. The van der Waals surface area contributed by atoms with Crippen LogP contribution in [0.5, 0.6) is 5.75 Å². The molecule has 0 unspecified atom stereocenters. The molecular weight excluding hydrogens is 449 g/mol. The second kappa shape index (κ2) is 10.5. The lowest BCUT2D eigenvalue weighted by atomic mass is 10.0. The van der Waals surface area contributed by atoms with Crippen LogP contribution in [0.1, 0.15) is 27.0 Å². The number of amides is 1. The Morgan fingerprint density at radius 1 is 0.886 bits per heavy atom. The second-order valence-corrected chi connectivity index (χ2v) is 7.94. The molecule has 4 aromatic carbocycles. The molecule has 1 amide bonds. The molecule has 0 spiro atoms. The first kappa shape index (κ1) is 23.4. The van der Waals surface area contributed by atoms with E-state index in [0.717, 1.165) is 5.56 Å². The van der Waals surface area contributed by atoms with Crippen LogP contribution in [-0.2, 0) is 13.0 Å². The summed E-state index contributed by atoms with van der Waals surface area (Å²) in [4.78, 5) is 23.3. The van der Waals surface area contributed by atoms with Gasteiger partial charge in [-0.15, -0.1) is 0 Å². The van der Waals surface area contributed by atoms with Gasteiger partial charge >= 0.3 is 5.69 Å². The van der Waals surface area contributed by atoms with E-state index in [-0.39, 0.29) is 23.9 Å². The molecule has 3 N–H and O–H groups in total. The summed E-state index contributed by atoms with van der Waals surface area (Å²) in [5.41, 5.74) is 3.20. The highest BCUT2D eigenvalue weighted by Gasteiger charge is 2.19. The van der Waals surface area contributed by atoms with Crippen LogP contribution >= 0.6 is 0 Å². The smallest absolute Gasteiger partial charge is 0.311 e. The zero-order chi connectivity index (χ0) is 24.8. The van der Waals surface area contributed by atoms with Gasteiger partial charge in [-0.1, -0.05) is 36.4 Å². The third-order valence-corrected chi connectivity index (χ3v) is 5.39. The number of carbonyl (C=O) groups is 1. The number of benzene rings is 4. The Hall–Kier alpha value is -4.72. The number of phenolic OH excluding ortho intramolecular Hbond substituents is 1. The number of anilines is 2. The zero-order valence-electron chi connectivity index (χ0n) is 18.6. The van der Waals surface area contributed by atoms with Crippen molar-refractivity contribution >= 4 is 23.0 Å². The summed E-state index contributed by atoms with van der Waals surface area (Å²) in [5, 5.41) is 27.9. The number of rotatable bonds is 8. The normalized spacial score (nSPS) is 10.5. The van der Waals surface area contributed by atoms with Crippen molar-refractivity contribution in [3.05, 3.63) is 129 Å². The van der Waals surface area contributed by atoms with Crippen molar-refractivity contribution in [2.24, 2.45) is 0 Å². The number of nitrogens with one attached hydrogen (secondary N) is 2. The van der Waals surface area contributed by atoms with E-state index >= 15 is 0 Å². The van der Waals surface area contributed by atoms with Crippen molar-refractivity contribution in [1.82, 2.24) is 0 Å². The summed E-state index contributed by atoms with van der Waals surface area (Å²) in [6, 6.07) is 24.8. The topological polar surface area (TPSA) is 104 Å². The fourth-order valence-corrected chi connectivity index (χ4v) is 3.66. The van der Waals surface area contributed by atoms with Gasteiger partial charge in [-0.05, 0) is 66.1 Å². The van der Waals surface area contributed by atoms with Crippen molar-refractivity contribution in [1.29, 1.82) is 0 Å². The minimum absolute atomic E-state index is 0.130. The maximum absolute atomic E-state index is 13.1. The molecule has 0 aromatic heterocycles. The van der Waals surface area contributed by atoms with Gasteiger partial charge in [0.2, 0.25) is 0 Å². The molecule has 0 saturated heterocycles. The molecule has 35 heavy (non-hydrogen) atoms. The second-order valence-electron chi connectivity index (χ2n) is 7.94. The van der Waals surface area contributed by atoms with Crippen LogP contribution in [0.4, 0.5) is 21.5 Å². The van der Waals surface area contributed by atoms with Crippen LogP contribution in [0.3, 0.4) is 0 Å². The van der Waals surface area contributed by atoms with Gasteiger partial charge in [0.1, 0.15) is 5.82 Å². The Kier molecular flexibility index (Phi) is 7.02. The average molecular weight is 471 g/mol. The van der Waals surface area contributed by atoms with Crippen molar-refractivity contribution in [3.8, 4) is 5.75 Å². The molecule has 0 saturated carbocycles. The Morgan fingerprint density at radius 3 is 2.31 bits per heavy atom. The Morgan fingerprint density at radius 2 is 1.60 bits per heavy atom. The largest absolute Gasteiger partial charge is 0.502 e. The van der Waals surface area contributed by atoms with Gasteiger partial charge in [-0.25, -0.2) is 4.39 Å². The number of hydrogen-bond acceptors (Lipinski definition) is 5. The number of hydrogen-bond donors (Lipinski definition) is 3. The highest BCUT2D eigenvalue weighted by atomic mass is 19.1. The lowest BCUT2D eigenvalue weighted by Crippen LogP contribution is -2.12. The fraction of sp³-hybridized carbons (Fsp3) is 0.0741. The van der Waals surface area contributed by atoms with E-state index in [1.807, 2.05) is 30.3 Å². The predicted octanol–water partition coefficient (Wildman–Crippen LogP) is 5.89. The summed E-state index contributed by atoms with van der Waals surface area (Å²) < 4.78 is 13.1. The number of nitro benzene ring substituents is 1. The Bertz CT molecular complexity index is 1360. The van der Waals surface area contributed by atoms with E-state index in [1.54, 1.807) is 30.3 Å². The predicted molar refractivity (Wildman–Crippen MR) is 132 cm³/mol. The van der Waals surface area contributed by atoms with Gasteiger partial charge in [0.05, 0.1) is 4.92 Å². The van der Waals surface area contributed by atoms with Crippen LogP contribution < -0.4 is 10.6 Å². The molecule has 0 heterocycles. The van der Waals surface area contributed by atoms with E-state index < -0.39 is 10.7 Å². The first-order chi connectivity index (χ1) is 16.9. The van der Waals surface area contributed by atoms with Crippen LogP contribution in [0.15, 0.2) is 91.0 Å². The molecule has 176 valence electrons. The number of aromatic hydroxyl groups is 1. The number of carbonyl (C=O) groups excluding carboxylic acids is 1. The lowest BCUT2D eigenvalue weighted by Gasteiger charge is -2.12. The molecule has 7 nitrogen and oxygen atoms in total. The van der Waals surface area contributed by atoms with Gasteiger partial charge in [-0.2, -0.15) is 0 Å². The standard InChI is InChI=1S/C27H22FN3O4/c28-22-11-9-20(10-12-22)27(33)30-24-8-4-7-23(16-24)29-17-21-14-19(13-18-5-2-1-3-6-18)15-25(26(21)32)31(34)35/h1-12,14-16,29,32H,13,17H2,(H,30,33). The summed E-state index contributed by atoms with van der Waals surface area (Å²) >= 11 is 0. The summed E-state index contributed by atoms with van der Waals surface area (Å²) in [6.07, 6.45) is 0.486. The van der Waals surface area contributed by atoms with Crippen molar-refractivity contribution < 1.29 is 19.2 Å². The maximum atomic E-state index is 13.1. The highest BCUT2D eigenvalue weighted by Crippen LogP contribution is 2.33. The number of halogens is 1. The molecule has 8 heteroatoms. The van der Waals surface area contributed by atoms with Crippen LogP contribution in [0.25, 0.3) is 0 Å². The van der Waals surface area contributed by atoms with Crippen LogP contribution in [0.2, 0.25) is 0 Å². The number of nitro groups is 1. The summed E-state index contributed by atoms with van der Waals surface area (Å²) in [7, 11) is 0. The molecule has 0 radical (unpaired) electrons. The quantitative estimate of drug-likeness (QED) is 0.219. The van der Waals surface area contributed by atoms with Crippen LogP contribution in [0, 0.1) is 15.9 Å². The molecule has 0 bridgehead atoms. The third-order valence-electron chi connectivity index (χ3n) is 5.39. The van der Waals surface area contributed by atoms with Crippen molar-refractivity contribution in [3.63, 3.8) is 0 Å². The molecule has 0 aliphatic carbocycles. The minimum atomic E-state index is -0.598. The first-order valence-electron chi connectivity index (χ1n) is 10.8. The number of phenols is 1. The molecule has 0 fully saturated rings. The van der Waals surface area contributed by atoms with Gasteiger partial charge in [0, 0.05) is 35.1 Å². The fourth-order valence-electron chi connectivity index (χ4n) is 3.66. The SMILES string of the molecule is O=C(Nc1cccc(NCc2cc(Cc3ccccc3)cc([N+](=O)[O-])c2O)c1)c1ccc(F)cc1. The van der Waals surface area contributed by atoms with Gasteiger partial charge < -0.3 is 15.7 Å². The summed E-state index contributed by atoms with van der Waals surface area (Å²) in [5.74, 6) is -1.20. The van der Waals surface area contributed by atoms with E-state index in [9.17, 15) is 24.4 Å². The molecule has 4 aromatic rings. The lowest BCUT2D eigenvalue weighted by molar-refractivity contribution is -0.386. The van der Waals surface area contributed by atoms with Crippen LogP contribution in [-0.4, -0.2) is 15.9 Å². The van der Waals surface area contributed by atoms with Gasteiger partial charge in [0.15, 0.2) is 5.75 Å². The van der Waals surface area contributed by atoms with E-state index in [2.05, 4.69) is 10.6 Å². The van der Waals surface area contributed by atoms with E-state index in [0.29, 0.717) is 34.5 Å². The van der Waals surface area contributed by atoms with E-state index in [1.165, 1.54) is 30.3 Å². The maximum Gasteiger partial charge on any atom is 0.311 e. The highest BCUT2D eigenvalue weighted by molar-refractivity contribution is 6.04. The molecule has 0 atom stereocenters. The average Bonchev–Trinajstić information content (AvgIpc) is 2.85. The monoisotopic (exact) mass is 471 g/mol. The van der Waals surface area contributed by atoms with Gasteiger partial charge in [0.25, 0.3) is 5.91 Å². The van der Waals surface area contributed by atoms with Crippen molar-refractivity contribution in [2.45, 2.75) is 13.0 Å². The molecule has 0 aliphatic rings. The van der Waals surface area contributed by atoms with E-state index in [4.69, 9.17) is 0 Å². The Labute approximate surface area is 201 Å². The third kappa shape index (κ3) is 6.00. The Balaban J connectivity index is 1.50. The first-order valence-corrected chi connectivity index (χ1v) is 10.8. The minimum Gasteiger partial charge on any atom is -0.502 e. The zero-order valence-corrected chi connectivity index (χ0v) is 18.6. The molecular formula is C27H22FN3O4. The van der Waals surface area contributed by atoms with Crippen molar-refractivity contribution in [2.75, 3.05) is 10.6 Å². The summed E-state index contributed by atoms with van der Waals surface area (Å²) in [6.45, 7) is 0.130.